The van der Waals surface area contributed by atoms with Crippen LogP contribution >= 0.6 is 0 Å². The van der Waals surface area contributed by atoms with E-state index >= 15 is 0 Å². The molecule has 0 unspecified atom stereocenters. The highest BCUT2D eigenvalue weighted by molar-refractivity contribution is 5.50. The van der Waals surface area contributed by atoms with Crippen molar-refractivity contribution < 1.29 is 4.79 Å². The zero-order chi connectivity index (χ0) is 6.62. The summed E-state index contributed by atoms with van der Waals surface area (Å²) in [5.41, 5.74) is 15.3. The molecule has 4 nitrogen and oxygen atoms in total. The van der Waals surface area contributed by atoms with Crippen molar-refractivity contribution in [1.29, 1.82) is 0 Å². The molecule has 0 spiro atoms. The predicted octanol–water partition coefficient (Wildman–Crippen LogP) is -1.59. The minimum Gasteiger partial charge on any atom is -0.301 e. The molecule has 0 rings (SSSR count). The second-order valence-electron chi connectivity index (χ2n) is 1.76. The van der Waals surface area contributed by atoms with E-state index in [0.717, 1.165) is 0 Å². The maximum Gasteiger partial charge on any atom is 0.198 e. The van der Waals surface area contributed by atoms with Gasteiger partial charge in [-0.25, -0.2) is 0 Å². The van der Waals surface area contributed by atoms with Gasteiger partial charge in [0.05, 0.1) is 0 Å². The van der Waals surface area contributed by atoms with Crippen LogP contribution in [0.1, 0.15) is 12.8 Å². The number of carbonyl (C=O) groups excluding carboxylic acids is 1. The molecule has 0 aromatic carbocycles. The largest absolute Gasteiger partial charge is 0.301 e. The van der Waals surface area contributed by atoms with Gasteiger partial charge in [0.1, 0.15) is 5.79 Å². The van der Waals surface area contributed by atoms with Crippen LogP contribution in [-0.4, -0.2) is 12.1 Å². The minimum atomic E-state index is -1.21. The van der Waals surface area contributed by atoms with Crippen LogP contribution in [0.5, 0.6) is 0 Å². The molecule has 47 valence electrons. The Balaban J connectivity index is 3.24. The van der Waals surface area contributed by atoms with Crippen molar-refractivity contribution in [1.82, 2.24) is 0 Å². The summed E-state index contributed by atoms with van der Waals surface area (Å²) in [6.45, 7) is 0. The third-order valence-corrected chi connectivity index (χ3v) is 0.660. The van der Waals surface area contributed by atoms with Gasteiger partial charge in [-0.1, -0.05) is 0 Å². The minimum absolute atomic E-state index is 0.198. The van der Waals surface area contributed by atoms with Crippen LogP contribution in [0.15, 0.2) is 0 Å². The number of nitrogens with two attached hydrogens (primary N) is 3. The average molecular weight is 116 g/mol. The van der Waals surface area contributed by atoms with Crippen LogP contribution in [0.4, 0.5) is 0 Å². The van der Waals surface area contributed by atoms with Gasteiger partial charge in [0.2, 0.25) is 0 Å². The van der Waals surface area contributed by atoms with E-state index < -0.39 is 5.79 Å². The summed E-state index contributed by atoms with van der Waals surface area (Å²) in [5, 5.41) is 0. The quantitative estimate of drug-likeness (QED) is 0.387. The van der Waals surface area contributed by atoms with Crippen molar-refractivity contribution in [3.05, 3.63) is 0 Å². The Morgan fingerprint density at radius 1 is 1.38 bits per heavy atom. The van der Waals surface area contributed by atoms with E-state index in [1.165, 1.54) is 0 Å². The molecule has 0 aromatic rings. The van der Waals surface area contributed by atoms with E-state index in [9.17, 15) is 4.79 Å². The van der Waals surface area contributed by atoms with E-state index in [1.54, 1.807) is 6.29 Å². The zero-order valence-corrected chi connectivity index (χ0v) is 4.55. The van der Waals surface area contributed by atoms with Crippen LogP contribution in [0.3, 0.4) is 0 Å². The van der Waals surface area contributed by atoms with Gasteiger partial charge in [-0.15, -0.1) is 0 Å². The van der Waals surface area contributed by atoms with Crippen LogP contribution in [0.2, 0.25) is 0 Å². The van der Waals surface area contributed by atoms with Crippen LogP contribution < -0.4 is 17.2 Å². The third-order valence-electron chi connectivity index (χ3n) is 0.660. The monoisotopic (exact) mass is 116 g/mol. The number of rotatable bonds is 3. The Bertz CT molecular complexity index is 75.8. The SMILES string of the molecule is NC(N)(N)CC[C]=O. The van der Waals surface area contributed by atoms with Crippen molar-refractivity contribution in [3.63, 3.8) is 0 Å². The Hall–Kier alpha value is -0.450. The first-order valence-electron chi connectivity index (χ1n) is 2.28. The molecule has 0 amide bonds. The molecule has 0 aromatic heterocycles. The summed E-state index contributed by atoms with van der Waals surface area (Å²) in [6, 6.07) is 0. The van der Waals surface area contributed by atoms with E-state index in [2.05, 4.69) is 0 Å². The zero-order valence-electron chi connectivity index (χ0n) is 4.55. The lowest BCUT2D eigenvalue weighted by Gasteiger charge is -2.15. The van der Waals surface area contributed by atoms with E-state index in [4.69, 9.17) is 17.2 Å². The fourth-order valence-electron chi connectivity index (χ4n) is 0.268. The standard InChI is InChI=1S/C4H10N3O/c5-4(6,7)2-1-3-8/h1-2,5-7H2. The highest BCUT2D eigenvalue weighted by Gasteiger charge is 2.09. The van der Waals surface area contributed by atoms with Crippen LogP contribution in [-0.2, 0) is 4.79 Å². The van der Waals surface area contributed by atoms with Gasteiger partial charge in [-0.05, 0) is 6.42 Å². The van der Waals surface area contributed by atoms with E-state index in [1.807, 2.05) is 0 Å². The molecule has 0 heterocycles. The smallest absolute Gasteiger partial charge is 0.198 e. The van der Waals surface area contributed by atoms with E-state index in [-0.39, 0.29) is 12.8 Å². The van der Waals surface area contributed by atoms with Gasteiger partial charge in [-0.3, -0.25) is 4.79 Å². The summed E-state index contributed by atoms with van der Waals surface area (Å²) in [6.07, 6.45) is 2.11. The molecule has 8 heavy (non-hydrogen) atoms. The topological polar surface area (TPSA) is 95.1 Å². The normalized spacial score (nSPS) is 11.4. The molecule has 6 N–H and O–H groups in total. The molecule has 0 aliphatic heterocycles. The Morgan fingerprint density at radius 2 is 1.88 bits per heavy atom. The Kier molecular flexibility index (Phi) is 2.60. The van der Waals surface area contributed by atoms with Crippen molar-refractivity contribution >= 4 is 6.29 Å². The highest BCUT2D eigenvalue weighted by atomic mass is 16.1. The Labute approximate surface area is 48.0 Å². The molecule has 0 saturated carbocycles. The average Bonchev–Trinajstić information content (AvgIpc) is 1.59. The summed E-state index contributed by atoms with van der Waals surface area (Å²) >= 11 is 0. The van der Waals surface area contributed by atoms with Crippen molar-refractivity contribution in [2.75, 3.05) is 0 Å². The fraction of sp³-hybridized carbons (Fsp3) is 0.750. The van der Waals surface area contributed by atoms with Crippen LogP contribution in [0.25, 0.3) is 0 Å². The second-order valence-corrected chi connectivity index (χ2v) is 1.76. The van der Waals surface area contributed by atoms with Gasteiger partial charge in [0.25, 0.3) is 0 Å². The molecular weight excluding hydrogens is 106 g/mol. The molecule has 0 aliphatic carbocycles. The first-order valence-corrected chi connectivity index (χ1v) is 2.28. The highest BCUT2D eigenvalue weighted by Crippen LogP contribution is 1.90. The molecule has 1 radical (unpaired) electrons. The lowest BCUT2D eigenvalue weighted by atomic mass is 10.2. The number of hydrogen-bond acceptors (Lipinski definition) is 4. The summed E-state index contributed by atoms with van der Waals surface area (Å²) < 4.78 is 0. The first kappa shape index (κ1) is 7.55. The predicted molar refractivity (Wildman–Crippen MR) is 30.2 cm³/mol. The second kappa shape index (κ2) is 2.76. The molecule has 0 bridgehead atoms. The van der Waals surface area contributed by atoms with Crippen molar-refractivity contribution in [3.8, 4) is 0 Å². The lowest BCUT2D eigenvalue weighted by Crippen LogP contribution is -2.57. The Morgan fingerprint density at radius 3 is 2.00 bits per heavy atom. The van der Waals surface area contributed by atoms with Gasteiger partial charge >= 0.3 is 0 Å². The summed E-state index contributed by atoms with van der Waals surface area (Å²) in [5.74, 6) is -1.21. The maximum absolute atomic E-state index is 9.56. The molecule has 0 aliphatic rings. The molecule has 4 heteroatoms. The molecule has 0 saturated heterocycles. The van der Waals surface area contributed by atoms with Crippen LogP contribution in [0, 0.1) is 0 Å². The van der Waals surface area contributed by atoms with Gasteiger partial charge in [-0.2, -0.15) is 0 Å². The van der Waals surface area contributed by atoms with Gasteiger partial charge in [0.15, 0.2) is 6.29 Å². The molecule has 0 atom stereocenters. The van der Waals surface area contributed by atoms with E-state index in [0.29, 0.717) is 0 Å². The number of hydrogen-bond donors (Lipinski definition) is 3. The first-order chi connectivity index (χ1) is 3.56. The van der Waals surface area contributed by atoms with Crippen molar-refractivity contribution in [2.24, 2.45) is 17.2 Å². The fourth-order valence-corrected chi connectivity index (χ4v) is 0.268. The van der Waals surface area contributed by atoms with Gasteiger partial charge in [0, 0.05) is 6.42 Å². The maximum atomic E-state index is 9.56. The molecular formula is C4H10N3O. The summed E-state index contributed by atoms with van der Waals surface area (Å²) in [7, 11) is 0. The third kappa shape index (κ3) is 5.55. The van der Waals surface area contributed by atoms with Crippen molar-refractivity contribution in [2.45, 2.75) is 18.6 Å². The van der Waals surface area contributed by atoms with Gasteiger partial charge < -0.3 is 17.2 Å². The lowest BCUT2D eigenvalue weighted by molar-refractivity contribution is 0.427. The molecule has 0 fully saturated rings. The summed E-state index contributed by atoms with van der Waals surface area (Å²) in [4.78, 5) is 9.56.